The predicted octanol–water partition coefficient (Wildman–Crippen LogP) is 2.98. The van der Waals surface area contributed by atoms with Crippen LogP contribution in [0.3, 0.4) is 0 Å². The number of amidine groups is 1. The molecule has 2 fully saturated rings. The van der Waals surface area contributed by atoms with Crippen LogP contribution in [-0.2, 0) is 21.2 Å². The third-order valence-electron chi connectivity index (χ3n) is 4.28. The van der Waals surface area contributed by atoms with Crippen molar-refractivity contribution in [3.8, 4) is 0 Å². The number of aliphatic imine (C=N–C) groups is 1. The van der Waals surface area contributed by atoms with Crippen LogP contribution < -0.4 is 0 Å². The number of rotatable bonds is 2. The number of hydrogen-bond acceptors (Lipinski definition) is 4. The van der Waals surface area contributed by atoms with Gasteiger partial charge in [0.15, 0.2) is 15.0 Å². The molecule has 2 saturated heterocycles. The van der Waals surface area contributed by atoms with Gasteiger partial charge in [-0.05, 0) is 17.7 Å². The molecule has 0 saturated carbocycles. The molecule has 1 aromatic rings. The molecule has 25 heavy (non-hydrogen) atoms. The van der Waals surface area contributed by atoms with Gasteiger partial charge in [0.1, 0.15) is 0 Å². The van der Waals surface area contributed by atoms with Crippen LogP contribution in [0.2, 0.25) is 5.02 Å². The van der Waals surface area contributed by atoms with Gasteiger partial charge in [0.05, 0.1) is 17.5 Å². The topological polar surface area (TPSA) is 66.8 Å². The van der Waals surface area contributed by atoms with Crippen molar-refractivity contribution in [2.45, 2.75) is 38.6 Å². The molecule has 8 heteroatoms. The predicted molar refractivity (Wildman–Crippen MR) is 103 cm³/mol. The second-order valence-corrected chi connectivity index (χ2v) is 11.3. The van der Waals surface area contributed by atoms with E-state index in [1.54, 1.807) is 12.1 Å². The lowest BCUT2D eigenvalue weighted by Crippen LogP contribution is -2.37. The molecule has 1 aromatic carbocycles. The van der Waals surface area contributed by atoms with Crippen LogP contribution in [0.25, 0.3) is 0 Å². The molecule has 1 amide bonds. The normalized spacial score (nSPS) is 26.9. The molecule has 2 heterocycles. The monoisotopic (exact) mass is 400 g/mol. The molecule has 2 aliphatic rings. The fourth-order valence-electron chi connectivity index (χ4n) is 2.86. The second-order valence-electron chi connectivity index (χ2n) is 7.50. The molecule has 2 aliphatic heterocycles. The maximum atomic E-state index is 12.3. The SMILES string of the molecule is CC(C)(C)C(=O)N=C1SC2CS(=O)(=O)CC2N1Cc1ccc(Cl)cc1. The molecule has 0 spiro atoms. The summed E-state index contributed by atoms with van der Waals surface area (Å²) >= 11 is 7.35. The maximum absolute atomic E-state index is 12.3. The number of hydrogen-bond donors (Lipinski definition) is 0. The summed E-state index contributed by atoms with van der Waals surface area (Å²) in [7, 11) is -3.04. The molecule has 136 valence electrons. The minimum atomic E-state index is -3.04. The largest absolute Gasteiger partial charge is 0.342 e. The minimum Gasteiger partial charge on any atom is -0.342 e. The lowest BCUT2D eigenvalue weighted by atomic mass is 9.96. The number of benzene rings is 1. The molecular formula is C17H21ClN2O3S2. The van der Waals surface area contributed by atoms with Crippen molar-refractivity contribution >= 4 is 44.3 Å². The third-order valence-corrected chi connectivity index (χ3v) is 7.78. The molecular weight excluding hydrogens is 380 g/mol. The summed E-state index contributed by atoms with van der Waals surface area (Å²) in [5.41, 5.74) is 0.439. The first-order valence-electron chi connectivity index (χ1n) is 8.06. The molecule has 0 N–H and O–H groups in total. The molecule has 2 unspecified atom stereocenters. The summed E-state index contributed by atoms with van der Waals surface area (Å²) in [4.78, 5) is 18.6. The van der Waals surface area contributed by atoms with Gasteiger partial charge in [0, 0.05) is 22.2 Å². The molecule has 0 aliphatic carbocycles. The number of carbonyl (C=O) groups excluding carboxylic acids is 1. The third kappa shape index (κ3) is 4.20. The average Bonchev–Trinajstić information content (AvgIpc) is 2.93. The van der Waals surface area contributed by atoms with Crippen LogP contribution in [0.15, 0.2) is 29.3 Å². The zero-order chi connectivity index (χ0) is 18.4. The number of sulfone groups is 1. The first kappa shape index (κ1) is 18.7. The van der Waals surface area contributed by atoms with E-state index >= 15 is 0 Å². The number of halogens is 1. The summed E-state index contributed by atoms with van der Waals surface area (Å²) in [6.45, 7) is 5.99. The Kier molecular flexibility index (Phi) is 4.94. The van der Waals surface area contributed by atoms with Crippen molar-refractivity contribution in [2.24, 2.45) is 10.4 Å². The van der Waals surface area contributed by atoms with E-state index in [1.165, 1.54) is 11.8 Å². The second kappa shape index (κ2) is 6.59. The maximum Gasteiger partial charge on any atom is 0.253 e. The number of nitrogens with zero attached hydrogens (tertiary/aromatic N) is 2. The zero-order valence-electron chi connectivity index (χ0n) is 14.4. The smallest absolute Gasteiger partial charge is 0.253 e. The van der Waals surface area contributed by atoms with Crippen molar-refractivity contribution < 1.29 is 13.2 Å². The Morgan fingerprint density at radius 1 is 1.28 bits per heavy atom. The van der Waals surface area contributed by atoms with Gasteiger partial charge in [-0.3, -0.25) is 4.79 Å². The molecule has 0 radical (unpaired) electrons. The van der Waals surface area contributed by atoms with E-state index in [-0.39, 0.29) is 28.7 Å². The van der Waals surface area contributed by atoms with E-state index in [9.17, 15) is 13.2 Å². The minimum absolute atomic E-state index is 0.0659. The van der Waals surface area contributed by atoms with Gasteiger partial charge >= 0.3 is 0 Å². The van der Waals surface area contributed by atoms with Gasteiger partial charge in [-0.15, -0.1) is 0 Å². The van der Waals surface area contributed by atoms with E-state index in [0.29, 0.717) is 16.7 Å². The van der Waals surface area contributed by atoms with E-state index in [4.69, 9.17) is 11.6 Å². The number of thioether (sulfide) groups is 1. The van der Waals surface area contributed by atoms with Gasteiger partial charge in [-0.25, -0.2) is 8.42 Å². The Bertz CT molecular complexity index is 813. The van der Waals surface area contributed by atoms with Crippen LogP contribution in [0.4, 0.5) is 0 Å². The van der Waals surface area contributed by atoms with E-state index in [1.807, 2.05) is 37.8 Å². The highest BCUT2D eigenvalue weighted by atomic mass is 35.5. The summed E-state index contributed by atoms with van der Waals surface area (Å²) in [6, 6.07) is 7.29. The van der Waals surface area contributed by atoms with E-state index in [2.05, 4.69) is 4.99 Å². The summed E-state index contributed by atoms with van der Waals surface area (Å²) < 4.78 is 24.0. The standard InChI is InChI=1S/C17H21ClN2O3S2/c1-17(2,3)15(21)19-16-20(8-11-4-6-12(18)7-5-11)13-9-25(22,23)10-14(13)24-16/h4-7,13-14H,8-10H2,1-3H3. The van der Waals surface area contributed by atoms with Crippen LogP contribution in [0.5, 0.6) is 0 Å². The lowest BCUT2D eigenvalue weighted by molar-refractivity contribution is -0.124. The molecule has 3 rings (SSSR count). The highest BCUT2D eigenvalue weighted by Gasteiger charge is 2.48. The fourth-order valence-corrected chi connectivity index (χ4v) is 6.94. The molecule has 2 atom stereocenters. The lowest BCUT2D eigenvalue weighted by Gasteiger charge is -2.25. The van der Waals surface area contributed by atoms with Gasteiger partial charge < -0.3 is 4.90 Å². The molecule has 0 aromatic heterocycles. The Morgan fingerprint density at radius 2 is 1.92 bits per heavy atom. The average molecular weight is 401 g/mol. The summed E-state index contributed by atoms with van der Waals surface area (Å²) in [5.74, 6) is 0.0577. The summed E-state index contributed by atoms with van der Waals surface area (Å²) in [6.07, 6.45) is 0. The van der Waals surface area contributed by atoms with Gasteiger partial charge in [0.2, 0.25) is 0 Å². The number of amides is 1. The first-order valence-corrected chi connectivity index (χ1v) is 11.1. The first-order chi connectivity index (χ1) is 11.5. The number of carbonyl (C=O) groups is 1. The van der Waals surface area contributed by atoms with Gasteiger partial charge in [-0.1, -0.05) is 56.3 Å². The van der Waals surface area contributed by atoms with Crippen molar-refractivity contribution in [1.82, 2.24) is 4.90 Å². The molecule has 5 nitrogen and oxygen atoms in total. The van der Waals surface area contributed by atoms with Crippen molar-refractivity contribution in [1.29, 1.82) is 0 Å². The van der Waals surface area contributed by atoms with Crippen molar-refractivity contribution in [3.05, 3.63) is 34.9 Å². The Morgan fingerprint density at radius 3 is 2.52 bits per heavy atom. The van der Waals surface area contributed by atoms with E-state index in [0.717, 1.165) is 5.56 Å². The molecule has 0 bridgehead atoms. The zero-order valence-corrected chi connectivity index (χ0v) is 16.8. The Labute approximate surface area is 157 Å². The Balaban J connectivity index is 1.91. The Hall–Kier alpha value is -1.05. The fraction of sp³-hybridized carbons (Fsp3) is 0.529. The van der Waals surface area contributed by atoms with Crippen molar-refractivity contribution in [2.75, 3.05) is 11.5 Å². The number of fused-ring (bicyclic) bond motifs is 1. The quantitative estimate of drug-likeness (QED) is 0.763. The summed E-state index contributed by atoms with van der Waals surface area (Å²) in [5, 5.41) is 1.21. The van der Waals surface area contributed by atoms with Gasteiger partial charge in [0.25, 0.3) is 5.91 Å². The van der Waals surface area contributed by atoms with Gasteiger partial charge in [-0.2, -0.15) is 4.99 Å². The van der Waals surface area contributed by atoms with Crippen LogP contribution in [-0.4, -0.2) is 47.2 Å². The highest BCUT2D eigenvalue weighted by molar-refractivity contribution is 8.15. The van der Waals surface area contributed by atoms with E-state index < -0.39 is 15.3 Å². The van der Waals surface area contributed by atoms with Crippen LogP contribution >= 0.6 is 23.4 Å². The highest BCUT2D eigenvalue weighted by Crippen LogP contribution is 2.39. The van der Waals surface area contributed by atoms with Crippen molar-refractivity contribution in [3.63, 3.8) is 0 Å². The van der Waals surface area contributed by atoms with Crippen LogP contribution in [0.1, 0.15) is 26.3 Å². The van der Waals surface area contributed by atoms with Crippen LogP contribution in [0, 0.1) is 5.41 Å².